The molecule has 110 valence electrons. The van der Waals surface area contributed by atoms with Crippen molar-refractivity contribution in [1.29, 1.82) is 0 Å². The Morgan fingerprint density at radius 1 is 1.24 bits per heavy atom. The second-order valence-corrected chi connectivity index (χ2v) is 4.82. The Hall–Kier alpha value is -2.36. The zero-order chi connectivity index (χ0) is 15.4. The third-order valence-electron chi connectivity index (χ3n) is 3.12. The van der Waals surface area contributed by atoms with Gasteiger partial charge in [-0.05, 0) is 50.1 Å². The van der Waals surface area contributed by atoms with Crippen LogP contribution in [0.5, 0.6) is 5.75 Å². The predicted molar refractivity (Wildman–Crippen MR) is 81.4 cm³/mol. The molecule has 0 radical (unpaired) electrons. The average molecular weight is 287 g/mol. The number of hydrogen-bond donors (Lipinski definition) is 1. The van der Waals surface area contributed by atoms with Gasteiger partial charge in [-0.2, -0.15) is 0 Å². The Kier molecular flexibility index (Phi) is 4.58. The van der Waals surface area contributed by atoms with Crippen LogP contribution in [0.4, 0.5) is 10.1 Å². The minimum absolute atomic E-state index is 0.0259. The number of benzene rings is 2. The van der Waals surface area contributed by atoms with E-state index in [4.69, 9.17) is 4.74 Å². The number of carbonyl (C=O) groups is 1. The van der Waals surface area contributed by atoms with Gasteiger partial charge in [-0.1, -0.05) is 18.2 Å². The second kappa shape index (κ2) is 6.39. The lowest BCUT2D eigenvalue weighted by molar-refractivity contribution is 0.102. The van der Waals surface area contributed by atoms with Crippen molar-refractivity contribution in [3.63, 3.8) is 0 Å². The third kappa shape index (κ3) is 3.40. The minimum Gasteiger partial charge on any atom is -0.492 e. The third-order valence-corrected chi connectivity index (χ3v) is 3.12. The molecule has 3 nitrogen and oxygen atoms in total. The molecule has 2 aromatic carbocycles. The number of anilines is 1. The van der Waals surface area contributed by atoms with Gasteiger partial charge in [0, 0.05) is 0 Å². The minimum atomic E-state index is -0.500. The summed E-state index contributed by atoms with van der Waals surface area (Å²) in [5, 5.41) is 2.70. The number of halogens is 1. The Morgan fingerprint density at radius 3 is 2.71 bits per heavy atom. The summed E-state index contributed by atoms with van der Waals surface area (Å²) in [4.78, 5) is 12.2. The lowest BCUT2D eigenvalue weighted by atomic mass is 10.1. The average Bonchev–Trinajstić information content (AvgIpc) is 2.45. The first-order valence-electron chi connectivity index (χ1n) is 6.83. The van der Waals surface area contributed by atoms with Crippen molar-refractivity contribution in [3.8, 4) is 5.75 Å². The van der Waals surface area contributed by atoms with E-state index in [2.05, 4.69) is 5.32 Å². The van der Waals surface area contributed by atoms with Crippen molar-refractivity contribution >= 4 is 11.6 Å². The summed E-state index contributed by atoms with van der Waals surface area (Å²) in [6, 6.07) is 10.2. The van der Waals surface area contributed by atoms with E-state index in [9.17, 15) is 9.18 Å². The summed E-state index contributed by atoms with van der Waals surface area (Å²) in [5.41, 5.74) is 2.03. The van der Waals surface area contributed by atoms with Gasteiger partial charge < -0.3 is 10.1 Å². The maximum atomic E-state index is 14.0. The first kappa shape index (κ1) is 15.0. The van der Waals surface area contributed by atoms with Crippen LogP contribution in [0.25, 0.3) is 0 Å². The molecule has 0 bridgehead atoms. The molecule has 4 heteroatoms. The maximum absolute atomic E-state index is 14.0. The number of ether oxygens (including phenoxy) is 1. The lowest BCUT2D eigenvalue weighted by Gasteiger charge is -2.13. The summed E-state index contributed by atoms with van der Waals surface area (Å²) in [6.07, 6.45) is 0. The first-order chi connectivity index (χ1) is 10.0. The Balaban J connectivity index is 2.29. The topological polar surface area (TPSA) is 38.3 Å². The summed E-state index contributed by atoms with van der Waals surface area (Å²) in [7, 11) is 0. The van der Waals surface area contributed by atoms with E-state index in [0.717, 1.165) is 5.56 Å². The van der Waals surface area contributed by atoms with Gasteiger partial charge >= 0.3 is 0 Å². The molecule has 0 aromatic heterocycles. The molecule has 0 fully saturated rings. The first-order valence-corrected chi connectivity index (χ1v) is 6.83. The van der Waals surface area contributed by atoms with Crippen LogP contribution in [0.3, 0.4) is 0 Å². The molecule has 0 heterocycles. The highest BCUT2D eigenvalue weighted by molar-refractivity contribution is 6.05. The quantitative estimate of drug-likeness (QED) is 0.919. The number of nitrogens with one attached hydrogen (secondary N) is 1. The van der Waals surface area contributed by atoms with Gasteiger partial charge in [-0.3, -0.25) is 4.79 Å². The van der Waals surface area contributed by atoms with Crippen LogP contribution >= 0.6 is 0 Å². The molecule has 0 atom stereocenters. The molecule has 2 aromatic rings. The molecule has 0 unspecified atom stereocenters. The summed E-state index contributed by atoms with van der Waals surface area (Å²) in [6.45, 7) is 5.93. The van der Waals surface area contributed by atoms with Crippen LogP contribution < -0.4 is 10.1 Å². The molecule has 0 saturated heterocycles. The van der Waals surface area contributed by atoms with Gasteiger partial charge in [-0.15, -0.1) is 0 Å². The Bertz CT molecular complexity index is 668. The van der Waals surface area contributed by atoms with Crippen molar-refractivity contribution in [1.82, 2.24) is 0 Å². The van der Waals surface area contributed by atoms with E-state index in [1.54, 1.807) is 25.1 Å². The molecular formula is C17H18FNO2. The van der Waals surface area contributed by atoms with Crippen LogP contribution in [-0.2, 0) is 0 Å². The van der Waals surface area contributed by atoms with Crippen molar-refractivity contribution in [2.75, 3.05) is 11.9 Å². The van der Waals surface area contributed by atoms with E-state index in [1.165, 1.54) is 6.07 Å². The van der Waals surface area contributed by atoms with Crippen molar-refractivity contribution in [2.45, 2.75) is 20.8 Å². The monoisotopic (exact) mass is 287 g/mol. The molecule has 0 saturated carbocycles. The molecule has 0 spiro atoms. The van der Waals surface area contributed by atoms with Crippen molar-refractivity contribution in [3.05, 3.63) is 58.9 Å². The molecule has 2 rings (SSSR count). The number of amides is 1. The van der Waals surface area contributed by atoms with Gasteiger partial charge in [0.1, 0.15) is 11.6 Å². The standard InChI is InChI=1S/C17H18FNO2/c1-4-21-15-10-11(2)8-9-14(15)19-17(20)13-7-5-6-12(3)16(13)18/h5-10H,4H2,1-3H3,(H,19,20). The van der Waals surface area contributed by atoms with Gasteiger partial charge in [0.25, 0.3) is 5.91 Å². The Labute approximate surface area is 123 Å². The largest absolute Gasteiger partial charge is 0.492 e. The number of carbonyl (C=O) groups excluding carboxylic acids is 1. The van der Waals surface area contributed by atoms with Crippen LogP contribution in [0.15, 0.2) is 36.4 Å². The molecule has 1 amide bonds. The summed E-state index contributed by atoms with van der Waals surface area (Å²) >= 11 is 0. The molecule has 0 aliphatic heterocycles. The molecule has 0 aliphatic carbocycles. The fraction of sp³-hybridized carbons (Fsp3) is 0.235. The summed E-state index contributed by atoms with van der Waals surface area (Å²) < 4.78 is 19.5. The van der Waals surface area contributed by atoms with E-state index in [-0.39, 0.29) is 5.56 Å². The predicted octanol–water partition coefficient (Wildman–Crippen LogP) is 4.09. The zero-order valence-corrected chi connectivity index (χ0v) is 12.4. The smallest absolute Gasteiger partial charge is 0.258 e. The van der Waals surface area contributed by atoms with Gasteiger partial charge in [0.05, 0.1) is 17.9 Å². The highest BCUT2D eigenvalue weighted by atomic mass is 19.1. The highest BCUT2D eigenvalue weighted by Gasteiger charge is 2.15. The van der Waals surface area contributed by atoms with Crippen LogP contribution in [0.1, 0.15) is 28.4 Å². The van der Waals surface area contributed by atoms with Crippen LogP contribution in [0, 0.1) is 19.7 Å². The van der Waals surface area contributed by atoms with E-state index in [1.807, 2.05) is 26.0 Å². The van der Waals surface area contributed by atoms with Gasteiger partial charge in [0.15, 0.2) is 0 Å². The maximum Gasteiger partial charge on any atom is 0.258 e. The Morgan fingerprint density at radius 2 is 2.00 bits per heavy atom. The zero-order valence-electron chi connectivity index (χ0n) is 12.4. The van der Waals surface area contributed by atoms with Gasteiger partial charge in [-0.25, -0.2) is 4.39 Å². The second-order valence-electron chi connectivity index (χ2n) is 4.82. The fourth-order valence-corrected chi connectivity index (χ4v) is 2.02. The van der Waals surface area contributed by atoms with Crippen molar-refractivity contribution in [2.24, 2.45) is 0 Å². The number of aryl methyl sites for hydroxylation is 2. The molecule has 21 heavy (non-hydrogen) atoms. The molecule has 0 aliphatic rings. The van der Waals surface area contributed by atoms with E-state index >= 15 is 0 Å². The molecular weight excluding hydrogens is 269 g/mol. The summed E-state index contributed by atoms with van der Waals surface area (Å²) in [5.74, 6) is -0.403. The van der Waals surface area contributed by atoms with E-state index < -0.39 is 11.7 Å². The fourth-order valence-electron chi connectivity index (χ4n) is 2.02. The van der Waals surface area contributed by atoms with Crippen molar-refractivity contribution < 1.29 is 13.9 Å². The number of hydrogen-bond acceptors (Lipinski definition) is 2. The van der Waals surface area contributed by atoms with Gasteiger partial charge in [0.2, 0.25) is 0 Å². The normalized spacial score (nSPS) is 10.3. The number of rotatable bonds is 4. The van der Waals surface area contributed by atoms with E-state index in [0.29, 0.717) is 23.6 Å². The highest BCUT2D eigenvalue weighted by Crippen LogP contribution is 2.26. The lowest BCUT2D eigenvalue weighted by Crippen LogP contribution is -2.15. The molecule has 1 N–H and O–H groups in total. The van der Waals surface area contributed by atoms with Crippen LogP contribution in [-0.4, -0.2) is 12.5 Å². The SMILES string of the molecule is CCOc1cc(C)ccc1NC(=O)c1cccc(C)c1F. The van der Waals surface area contributed by atoms with Crippen LogP contribution in [0.2, 0.25) is 0 Å².